The number of carboxylic acids is 1. The number of aryl methyl sites for hydroxylation is 3. The Morgan fingerprint density at radius 1 is 1.02 bits per heavy atom. The molecule has 13 nitrogen and oxygen atoms in total. The third-order valence-electron chi connectivity index (χ3n) is 7.48. The third-order valence-corrected chi connectivity index (χ3v) is 11.1. The van der Waals surface area contributed by atoms with E-state index in [-0.39, 0.29) is 23.7 Å². The summed E-state index contributed by atoms with van der Waals surface area (Å²) in [5, 5.41) is 15.2. The number of ether oxygens (including phenoxy) is 1. The number of hydrogen-bond acceptors (Lipinski definition) is 9. The first-order chi connectivity index (χ1) is 21.7. The molecule has 1 aliphatic heterocycles. The van der Waals surface area contributed by atoms with Gasteiger partial charge in [-0.3, -0.25) is 9.59 Å². The molecule has 46 heavy (non-hydrogen) atoms. The number of carboxylic acid groups (broad SMARTS) is 1. The van der Waals surface area contributed by atoms with Crippen molar-refractivity contribution in [1.82, 2.24) is 19.3 Å². The van der Waals surface area contributed by atoms with Crippen LogP contribution in [0.15, 0.2) is 71.8 Å². The predicted molar refractivity (Wildman–Crippen MR) is 172 cm³/mol. The van der Waals surface area contributed by atoms with Gasteiger partial charge in [-0.1, -0.05) is 54.1 Å². The van der Waals surface area contributed by atoms with Gasteiger partial charge < -0.3 is 20.5 Å². The van der Waals surface area contributed by atoms with E-state index in [0.29, 0.717) is 28.9 Å². The fraction of sp³-hybridized carbons (Fsp3) is 0.387. The number of sulfonamides is 2. The molecule has 0 bridgehead atoms. The maximum absolute atomic E-state index is 13.5. The molecule has 15 heteroatoms. The molecule has 3 atom stereocenters. The summed E-state index contributed by atoms with van der Waals surface area (Å²) in [6.07, 6.45) is 1.30. The molecule has 4 rings (SSSR count). The summed E-state index contributed by atoms with van der Waals surface area (Å²) in [6, 6.07) is 15.4. The first-order valence-electron chi connectivity index (χ1n) is 14.6. The average Bonchev–Trinajstić information content (AvgIpc) is 3.41. The average molecular weight is 674 g/mol. The Balaban J connectivity index is 1.36. The topological polar surface area (TPSA) is 184 Å². The van der Waals surface area contributed by atoms with Gasteiger partial charge >= 0.3 is 5.97 Å². The van der Waals surface area contributed by atoms with Crippen LogP contribution in [0.5, 0.6) is 0 Å². The Labute approximate surface area is 269 Å². The second kappa shape index (κ2) is 15.1. The second-order valence-corrected chi connectivity index (χ2v) is 14.8. The molecule has 3 aromatic rings. The molecule has 0 saturated carbocycles. The van der Waals surface area contributed by atoms with Gasteiger partial charge in [0.05, 0.1) is 16.8 Å². The predicted octanol–water partition coefficient (Wildman–Crippen LogP) is 1.96. The smallest absolute Gasteiger partial charge is 0.323 e. The number of amides is 1. The highest BCUT2D eigenvalue weighted by atomic mass is 32.2. The Morgan fingerprint density at radius 3 is 2.33 bits per heavy atom. The number of nitrogens with one attached hydrogen (secondary N) is 3. The molecule has 1 saturated heterocycles. The molecule has 0 spiro atoms. The standard InChI is InChI=1S/C31H39N5O8S2/c1-21-13-22(2)30(23(3)14-21)46(42,43)35-27(31(38)39)17-34-29(37)19-44-26-15-25(16-33-28-11-7-8-12-32-28)36(18-26)45(40,41)20-24-9-5-4-6-10-24/h4-14,25-27,35H,15-20H2,1-3H3,(H,32,33)(H,34,37)(H,38,39). The van der Waals surface area contributed by atoms with Crippen molar-refractivity contribution in [2.24, 2.45) is 0 Å². The fourth-order valence-electron chi connectivity index (χ4n) is 5.53. The maximum atomic E-state index is 13.5. The van der Waals surface area contributed by atoms with Crippen molar-refractivity contribution in [2.45, 2.75) is 56.0 Å². The van der Waals surface area contributed by atoms with Gasteiger partial charge in [0.15, 0.2) is 0 Å². The van der Waals surface area contributed by atoms with Gasteiger partial charge in [-0.15, -0.1) is 0 Å². The minimum Gasteiger partial charge on any atom is -0.480 e. The van der Waals surface area contributed by atoms with Crippen LogP contribution in [-0.2, 0) is 40.1 Å². The van der Waals surface area contributed by atoms with Crippen molar-refractivity contribution in [3.8, 4) is 0 Å². The van der Waals surface area contributed by atoms with Crippen LogP contribution in [0.1, 0.15) is 28.7 Å². The summed E-state index contributed by atoms with van der Waals surface area (Å²) in [6.45, 7) is 4.35. The van der Waals surface area contributed by atoms with Crippen LogP contribution in [0, 0.1) is 20.8 Å². The molecule has 0 radical (unpaired) electrons. The first-order valence-corrected chi connectivity index (χ1v) is 17.7. The molecule has 248 valence electrons. The first kappa shape index (κ1) is 35.0. The molecule has 0 aliphatic carbocycles. The van der Waals surface area contributed by atoms with Gasteiger partial charge in [0, 0.05) is 31.9 Å². The number of anilines is 1. The molecule has 2 aromatic carbocycles. The number of hydrogen-bond donors (Lipinski definition) is 4. The van der Waals surface area contributed by atoms with Gasteiger partial charge in [-0.2, -0.15) is 9.03 Å². The second-order valence-electron chi connectivity index (χ2n) is 11.3. The molecule has 1 amide bonds. The van der Waals surface area contributed by atoms with Crippen molar-refractivity contribution in [3.05, 3.63) is 89.1 Å². The lowest BCUT2D eigenvalue weighted by atomic mass is 10.1. The van der Waals surface area contributed by atoms with E-state index in [2.05, 4.69) is 20.3 Å². The zero-order chi connectivity index (χ0) is 33.5. The molecular weight excluding hydrogens is 635 g/mol. The largest absolute Gasteiger partial charge is 0.480 e. The van der Waals surface area contributed by atoms with Crippen molar-refractivity contribution < 1.29 is 36.3 Å². The lowest BCUT2D eigenvalue weighted by Gasteiger charge is -2.24. The summed E-state index contributed by atoms with van der Waals surface area (Å²) in [4.78, 5) is 28.8. The van der Waals surface area contributed by atoms with Crippen LogP contribution in [0.3, 0.4) is 0 Å². The zero-order valence-corrected chi connectivity index (χ0v) is 27.5. The van der Waals surface area contributed by atoms with E-state index in [1.54, 1.807) is 74.6 Å². The van der Waals surface area contributed by atoms with Gasteiger partial charge in [0.1, 0.15) is 18.5 Å². The molecule has 1 aromatic heterocycles. The highest BCUT2D eigenvalue weighted by molar-refractivity contribution is 7.89. The summed E-state index contributed by atoms with van der Waals surface area (Å²) < 4.78 is 62.4. The number of nitrogens with zero attached hydrogens (tertiary/aromatic N) is 2. The number of benzene rings is 2. The molecule has 3 unspecified atom stereocenters. The summed E-state index contributed by atoms with van der Waals surface area (Å²) in [7, 11) is -7.97. The number of carbonyl (C=O) groups excluding carboxylic acids is 1. The number of aromatic nitrogens is 1. The Morgan fingerprint density at radius 2 is 1.70 bits per heavy atom. The van der Waals surface area contributed by atoms with Gasteiger partial charge in [0.25, 0.3) is 0 Å². The normalized spacial score (nSPS) is 17.8. The van der Waals surface area contributed by atoms with Crippen molar-refractivity contribution in [2.75, 3.05) is 31.6 Å². The summed E-state index contributed by atoms with van der Waals surface area (Å²) in [5.74, 6) is -1.76. The van der Waals surface area contributed by atoms with Crippen molar-refractivity contribution in [1.29, 1.82) is 0 Å². The van der Waals surface area contributed by atoms with E-state index in [4.69, 9.17) is 4.74 Å². The number of pyridine rings is 1. The Bertz CT molecular complexity index is 1720. The fourth-order valence-corrected chi connectivity index (χ4v) is 8.96. The van der Waals surface area contributed by atoms with Gasteiger partial charge in [0.2, 0.25) is 26.0 Å². The van der Waals surface area contributed by atoms with E-state index in [0.717, 1.165) is 5.56 Å². The summed E-state index contributed by atoms with van der Waals surface area (Å²) >= 11 is 0. The third kappa shape index (κ3) is 9.33. The van der Waals surface area contributed by atoms with Crippen LogP contribution < -0.4 is 15.4 Å². The van der Waals surface area contributed by atoms with Gasteiger partial charge in [-0.05, 0) is 56.0 Å². The molecular formula is C31H39N5O8S2. The van der Waals surface area contributed by atoms with E-state index >= 15 is 0 Å². The van der Waals surface area contributed by atoms with E-state index in [1.165, 1.54) is 4.31 Å². The number of carbonyl (C=O) groups is 2. The van der Waals surface area contributed by atoms with Crippen molar-refractivity contribution in [3.63, 3.8) is 0 Å². The molecule has 1 fully saturated rings. The van der Waals surface area contributed by atoms with Crippen LogP contribution >= 0.6 is 0 Å². The number of aliphatic carboxylic acids is 1. The van der Waals surface area contributed by atoms with E-state index in [1.807, 2.05) is 13.0 Å². The lowest BCUT2D eigenvalue weighted by Crippen LogP contribution is -2.49. The highest BCUT2D eigenvalue weighted by Gasteiger charge is 2.40. The molecule has 1 aliphatic rings. The number of rotatable bonds is 15. The van der Waals surface area contributed by atoms with Gasteiger partial charge in [-0.25, -0.2) is 21.8 Å². The van der Waals surface area contributed by atoms with E-state index in [9.17, 15) is 31.5 Å². The Kier molecular flexibility index (Phi) is 11.5. The van der Waals surface area contributed by atoms with Crippen LogP contribution in [-0.4, -0.2) is 87.5 Å². The minimum absolute atomic E-state index is 0.0147. The molecule has 4 N–H and O–H groups in total. The maximum Gasteiger partial charge on any atom is 0.323 e. The van der Waals surface area contributed by atoms with E-state index < -0.39 is 63.3 Å². The lowest BCUT2D eigenvalue weighted by molar-refractivity contribution is -0.139. The monoisotopic (exact) mass is 673 g/mol. The van der Waals surface area contributed by atoms with Crippen LogP contribution in [0.25, 0.3) is 0 Å². The minimum atomic E-state index is -4.22. The van der Waals surface area contributed by atoms with Crippen LogP contribution in [0.4, 0.5) is 5.82 Å². The zero-order valence-electron chi connectivity index (χ0n) is 25.8. The summed E-state index contributed by atoms with van der Waals surface area (Å²) in [5.41, 5.74) is 2.44. The quantitative estimate of drug-likeness (QED) is 0.186. The highest BCUT2D eigenvalue weighted by Crippen LogP contribution is 2.26. The van der Waals surface area contributed by atoms with Crippen LogP contribution in [0.2, 0.25) is 0 Å². The molecule has 2 heterocycles. The van der Waals surface area contributed by atoms with Crippen molar-refractivity contribution >= 4 is 37.7 Å². The SMILES string of the molecule is Cc1cc(C)c(S(=O)(=O)NC(CNC(=O)COC2CC(CNc3ccccn3)N(S(=O)(=O)Cc3ccccc3)C2)C(=O)O)c(C)c1. The Hall–Kier alpha value is -3.89.